The number of benzene rings is 1. The lowest BCUT2D eigenvalue weighted by molar-refractivity contribution is -0.121. The zero-order chi connectivity index (χ0) is 13.5. The van der Waals surface area contributed by atoms with Crippen LogP contribution in [0.5, 0.6) is 0 Å². The Labute approximate surface area is 117 Å². The lowest BCUT2D eigenvalue weighted by atomic mass is 10.1. The highest BCUT2D eigenvalue weighted by molar-refractivity contribution is 6.30. The molecule has 2 rings (SSSR count). The van der Waals surface area contributed by atoms with Gasteiger partial charge in [-0.1, -0.05) is 29.8 Å². The largest absolute Gasteiger partial charge is 0.352 e. The second-order valence-electron chi connectivity index (χ2n) is 4.27. The van der Waals surface area contributed by atoms with Crippen molar-refractivity contribution in [2.75, 3.05) is 0 Å². The Morgan fingerprint density at radius 3 is 2.79 bits per heavy atom. The molecular formula is C15H15ClN2O. The number of nitrogens with zero attached hydrogens (tertiary/aromatic N) is 1. The van der Waals surface area contributed by atoms with Gasteiger partial charge < -0.3 is 5.32 Å². The smallest absolute Gasteiger partial charge is 0.220 e. The van der Waals surface area contributed by atoms with E-state index in [9.17, 15) is 4.79 Å². The first-order valence-corrected chi connectivity index (χ1v) is 6.52. The molecule has 19 heavy (non-hydrogen) atoms. The fraction of sp³-hybridized carbons (Fsp3) is 0.200. The summed E-state index contributed by atoms with van der Waals surface area (Å²) in [5.41, 5.74) is 2.07. The second kappa shape index (κ2) is 6.90. The number of carbonyl (C=O) groups is 1. The maximum Gasteiger partial charge on any atom is 0.220 e. The Bertz CT molecular complexity index is 543. The van der Waals surface area contributed by atoms with Crippen LogP contribution < -0.4 is 5.32 Å². The summed E-state index contributed by atoms with van der Waals surface area (Å²) in [5.74, 6) is 0.0313. The van der Waals surface area contributed by atoms with Crippen molar-refractivity contribution >= 4 is 17.5 Å². The zero-order valence-corrected chi connectivity index (χ0v) is 11.2. The average Bonchev–Trinajstić information content (AvgIpc) is 2.44. The number of aromatic nitrogens is 1. The van der Waals surface area contributed by atoms with Crippen molar-refractivity contribution in [3.8, 4) is 0 Å². The number of rotatable bonds is 5. The number of pyridine rings is 1. The predicted molar refractivity (Wildman–Crippen MR) is 75.9 cm³/mol. The first kappa shape index (κ1) is 13.6. The molecule has 0 aliphatic carbocycles. The fourth-order valence-corrected chi connectivity index (χ4v) is 1.95. The highest BCUT2D eigenvalue weighted by Crippen LogP contribution is 2.10. The molecule has 0 radical (unpaired) electrons. The quantitative estimate of drug-likeness (QED) is 0.911. The van der Waals surface area contributed by atoms with Gasteiger partial charge in [-0.3, -0.25) is 9.78 Å². The van der Waals surface area contributed by atoms with E-state index >= 15 is 0 Å². The number of hydrogen-bond acceptors (Lipinski definition) is 2. The van der Waals surface area contributed by atoms with Gasteiger partial charge in [-0.25, -0.2) is 0 Å². The Balaban J connectivity index is 1.76. The van der Waals surface area contributed by atoms with E-state index in [1.807, 2.05) is 36.4 Å². The summed E-state index contributed by atoms with van der Waals surface area (Å²) < 4.78 is 0. The molecule has 0 aliphatic heterocycles. The maximum atomic E-state index is 11.7. The normalized spacial score (nSPS) is 10.2. The summed E-state index contributed by atoms with van der Waals surface area (Å²) in [5, 5.41) is 3.56. The summed E-state index contributed by atoms with van der Waals surface area (Å²) in [6.07, 6.45) is 4.68. The van der Waals surface area contributed by atoms with E-state index in [4.69, 9.17) is 11.6 Å². The number of nitrogens with one attached hydrogen (secondary N) is 1. The molecule has 2 aromatic rings. The molecule has 1 amide bonds. The zero-order valence-electron chi connectivity index (χ0n) is 10.5. The van der Waals surface area contributed by atoms with Crippen molar-refractivity contribution in [2.24, 2.45) is 0 Å². The van der Waals surface area contributed by atoms with Crippen LogP contribution in [0.1, 0.15) is 17.5 Å². The van der Waals surface area contributed by atoms with Crippen LogP contribution in [-0.4, -0.2) is 10.9 Å². The van der Waals surface area contributed by atoms with Crippen LogP contribution in [0.4, 0.5) is 0 Å². The van der Waals surface area contributed by atoms with Gasteiger partial charge in [0.05, 0.1) is 0 Å². The highest BCUT2D eigenvalue weighted by Gasteiger charge is 2.02. The van der Waals surface area contributed by atoms with Gasteiger partial charge in [0.2, 0.25) is 5.91 Å². The minimum atomic E-state index is 0.0313. The highest BCUT2D eigenvalue weighted by atomic mass is 35.5. The predicted octanol–water partition coefficient (Wildman–Crippen LogP) is 2.98. The third kappa shape index (κ3) is 4.72. The SMILES string of the molecule is O=C(CCc1cccnc1)NCc1cccc(Cl)c1. The summed E-state index contributed by atoms with van der Waals surface area (Å²) in [6, 6.07) is 11.3. The Hall–Kier alpha value is -1.87. The number of hydrogen-bond donors (Lipinski definition) is 1. The van der Waals surface area contributed by atoms with Crippen LogP contribution in [0, 0.1) is 0 Å². The van der Waals surface area contributed by atoms with Crippen molar-refractivity contribution in [1.29, 1.82) is 0 Å². The molecule has 1 aromatic heterocycles. The average molecular weight is 275 g/mol. The molecule has 0 saturated carbocycles. The molecule has 0 unspecified atom stereocenters. The van der Waals surface area contributed by atoms with Gasteiger partial charge in [0.15, 0.2) is 0 Å². The van der Waals surface area contributed by atoms with E-state index in [1.165, 1.54) is 0 Å². The molecule has 0 aliphatic rings. The Morgan fingerprint density at radius 2 is 2.05 bits per heavy atom. The van der Waals surface area contributed by atoms with E-state index in [-0.39, 0.29) is 5.91 Å². The fourth-order valence-electron chi connectivity index (χ4n) is 1.74. The molecule has 0 spiro atoms. The first-order valence-electron chi connectivity index (χ1n) is 6.14. The maximum absolute atomic E-state index is 11.7. The van der Waals surface area contributed by atoms with Gasteiger partial charge in [0.25, 0.3) is 0 Å². The number of carbonyl (C=O) groups excluding carboxylic acids is 1. The topological polar surface area (TPSA) is 42.0 Å². The van der Waals surface area contributed by atoms with Crippen molar-refractivity contribution in [2.45, 2.75) is 19.4 Å². The molecule has 3 nitrogen and oxygen atoms in total. The number of amides is 1. The molecule has 1 heterocycles. The molecule has 98 valence electrons. The van der Waals surface area contributed by atoms with Crippen LogP contribution in [0.15, 0.2) is 48.8 Å². The number of aryl methyl sites for hydroxylation is 1. The van der Waals surface area contributed by atoms with Gasteiger partial charge >= 0.3 is 0 Å². The minimum absolute atomic E-state index is 0.0313. The van der Waals surface area contributed by atoms with Crippen LogP contribution in [0.2, 0.25) is 5.02 Å². The summed E-state index contributed by atoms with van der Waals surface area (Å²) in [7, 11) is 0. The van der Waals surface area contributed by atoms with Crippen LogP contribution >= 0.6 is 11.6 Å². The van der Waals surface area contributed by atoms with E-state index in [1.54, 1.807) is 12.4 Å². The third-order valence-electron chi connectivity index (χ3n) is 2.74. The van der Waals surface area contributed by atoms with E-state index in [0.29, 0.717) is 24.4 Å². The van der Waals surface area contributed by atoms with Gasteiger partial charge in [-0.05, 0) is 35.7 Å². The molecule has 0 atom stereocenters. The molecular weight excluding hydrogens is 260 g/mol. The van der Waals surface area contributed by atoms with E-state index in [2.05, 4.69) is 10.3 Å². The first-order chi connectivity index (χ1) is 9.24. The van der Waals surface area contributed by atoms with E-state index in [0.717, 1.165) is 11.1 Å². The monoisotopic (exact) mass is 274 g/mol. The van der Waals surface area contributed by atoms with Crippen LogP contribution in [0.3, 0.4) is 0 Å². The van der Waals surface area contributed by atoms with Crippen LogP contribution in [0.25, 0.3) is 0 Å². The van der Waals surface area contributed by atoms with Crippen molar-refractivity contribution < 1.29 is 4.79 Å². The lowest BCUT2D eigenvalue weighted by Gasteiger charge is -2.05. The Kier molecular flexibility index (Phi) is 4.93. The van der Waals surface area contributed by atoms with Crippen LogP contribution in [-0.2, 0) is 17.8 Å². The summed E-state index contributed by atoms with van der Waals surface area (Å²) >= 11 is 5.88. The molecule has 0 saturated heterocycles. The molecule has 1 N–H and O–H groups in total. The minimum Gasteiger partial charge on any atom is -0.352 e. The van der Waals surface area contributed by atoms with Gasteiger partial charge in [-0.15, -0.1) is 0 Å². The van der Waals surface area contributed by atoms with Gasteiger partial charge in [-0.2, -0.15) is 0 Å². The third-order valence-corrected chi connectivity index (χ3v) is 2.98. The Morgan fingerprint density at radius 1 is 1.21 bits per heavy atom. The molecule has 1 aromatic carbocycles. The van der Waals surface area contributed by atoms with Gasteiger partial charge in [0.1, 0.15) is 0 Å². The van der Waals surface area contributed by atoms with Crippen molar-refractivity contribution in [3.05, 3.63) is 64.9 Å². The van der Waals surface area contributed by atoms with E-state index < -0.39 is 0 Å². The summed E-state index contributed by atoms with van der Waals surface area (Å²) in [6.45, 7) is 0.506. The van der Waals surface area contributed by atoms with Crippen molar-refractivity contribution in [3.63, 3.8) is 0 Å². The molecule has 0 fully saturated rings. The second-order valence-corrected chi connectivity index (χ2v) is 4.70. The lowest BCUT2D eigenvalue weighted by Crippen LogP contribution is -2.22. The van der Waals surface area contributed by atoms with Crippen molar-refractivity contribution in [1.82, 2.24) is 10.3 Å². The number of halogens is 1. The summed E-state index contributed by atoms with van der Waals surface area (Å²) in [4.78, 5) is 15.7. The standard InChI is InChI=1S/C15H15ClN2O/c16-14-5-1-3-13(9-14)11-18-15(19)7-6-12-4-2-8-17-10-12/h1-5,8-10H,6-7,11H2,(H,18,19). The molecule has 0 bridgehead atoms. The van der Waals surface area contributed by atoms with Gasteiger partial charge in [0, 0.05) is 30.4 Å². The molecule has 4 heteroatoms.